The largest absolute Gasteiger partial charge is 0.416 e. The topological polar surface area (TPSA) is 66.1 Å². The van der Waals surface area contributed by atoms with E-state index in [1.807, 2.05) is 0 Å². The maximum absolute atomic E-state index is 13.5. The second-order valence-corrected chi connectivity index (χ2v) is 9.34. The van der Waals surface area contributed by atoms with Crippen LogP contribution in [0, 0.1) is 0 Å². The quantitative estimate of drug-likeness (QED) is 0.640. The highest BCUT2D eigenvalue weighted by Gasteiger charge is 2.51. The van der Waals surface area contributed by atoms with Gasteiger partial charge in [-0.25, -0.2) is 8.42 Å². The Morgan fingerprint density at radius 2 is 1.90 bits per heavy atom. The predicted molar refractivity (Wildman–Crippen MR) is 98.8 cm³/mol. The highest BCUT2D eigenvalue weighted by atomic mass is 35.5. The molecule has 2 aliphatic heterocycles. The Morgan fingerprint density at radius 1 is 1.10 bits per heavy atom. The van der Waals surface area contributed by atoms with Gasteiger partial charge >= 0.3 is 6.18 Å². The molecule has 1 N–H and O–H groups in total. The summed E-state index contributed by atoms with van der Waals surface area (Å²) < 4.78 is 67.7. The molecular weight excluding hydrogens is 427 g/mol. The molecule has 2 aromatic carbocycles. The number of H-pyrrole nitrogens is 1. The average Bonchev–Trinajstić information content (AvgIpc) is 3.23. The van der Waals surface area contributed by atoms with Crippen molar-refractivity contribution in [3.8, 4) is 0 Å². The molecule has 2 aliphatic rings. The average molecular weight is 440 g/mol. The van der Waals surface area contributed by atoms with Gasteiger partial charge in [0.1, 0.15) is 0 Å². The molecule has 10 heteroatoms. The number of sulfonamides is 1. The van der Waals surface area contributed by atoms with Crippen molar-refractivity contribution >= 4 is 21.6 Å². The van der Waals surface area contributed by atoms with Crippen LogP contribution in [0.3, 0.4) is 0 Å². The van der Waals surface area contributed by atoms with Crippen molar-refractivity contribution in [2.24, 2.45) is 0 Å². The zero-order valence-corrected chi connectivity index (χ0v) is 16.2. The first kappa shape index (κ1) is 18.7. The number of hydrogen-bond donors (Lipinski definition) is 1. The number of aromatic amines is 1. The Morgan fingerprint density at radius 3 is 2.66 bits per heavy atom. The van der Waals surface area contributed by atoms with Crippen molar-refractivity contribution in [3.05, 3.63) is 81.6 Å². The molecule has 0 unspecified atom stereocenters. The summed E-state index contributed by atoms with van der Waals surface area (Å²) in [5.41, 5.74) is 1.99. The van der Waals surface area contributed by atoms with Crippen LogP contribution in [0.5, 0.6) is 0 Å². The molecule has 150 valence electrons. The van der Waals surface area contributed by atoms with Crippen LogP contribution in [0.4, 0.5) is 13.2 Å². The van der Waals surface area contributed by atoms with Gasteiger partial charge in [-0.2, -0.15) is 22.6 Å². The monoisotopic (exact) mass is 439 g/mol. The Bertz CT molecular complexity index is 1240. The summed E-state index contributed by atoms with van der Waals surface area (Å²) in [4.78, 5) is -0.395. The third kappa shape index (κ3) is 2.72. The molecule has 5 nitrogen and oxygen atoms in total. The van der Waals surface area contributed by atoms with Crippen LogP contribution < -0.4 is 0 Å². The highest BCUT2D eigenvalue weighted by Crippen LogP contribution is 2.54. The van der Waals surface area contributed by atoms with Crippen molar-refractivity contribution < 1.29 is 21.6 Å². The normalized spacial score (nSPS) is 21.1. The fourth-order valence-corrected chi connectivity index (χ4v) is 6.20. The minimum absolute atomic E-state index is 0.346. The SMILES string of the molecule is O=S(=O)(c1cccc(C(F)(F)F)c1)N1[C@@H]2c3cc(Cl)ccc3[C@H]1Cc1[nH]ncc12. The number of rotatable bonds is 2. The minimum atomic E-state index is -4.64. The lowest BCUT2D eigenvalue weighted by Gasteiger charge is -2.33. The van der Waals surface area contributed by atoms with Gasteiger partial charge in [-0.15, -0.1) is 0 Å². The number of alkyl halides is 3. The zero-order valence-electron chi connectivity index (χ0n) is 14.6. The lowest BCUT2D eigenvalue weighted by molar-refractivity contribution is -0.137. The third-order valence-electron chi connectivity index (χ3n) is 5.44. The number of benzene rings is 2. The smallest absolute Gasteiger partial charge is 0.282 e. The number of nitrogens with zero attached hydrogens (tertiary/aromatic N) is 2. The number of fused-ring (bicyclic) bond motifs is 7. The molecule has 0 aliphatic carbocycles. The molecule has 3 heterocycles. The fourth-order valence-electron chi connectivity index (χ4n) is 4.22. The molecule has 3 aromatic rings. The summed E-state index contributed by atoms with van der Waals surface area (Å²) in [5.74, 6) is 0. The van der Waals surface area contributed by atoms with E-state index in [1.165, 1.54) is 10.4 Å². The molecular formula is C19H13ClF3N3O2S. The molecule has 0 amide bonds. The maximum Gasteiger partial charge on any atom is 0.416 e. The number of nitrogens with one attached hydrogen (secondary N) is 1. The van der Waals surface area contributed by atoms with Gasteiger partial charge < -0.3 is 0 Å². The van der Waals surface area contributed by atoms with E-state index in [4.69, 9.17) is 11.6 Å². The predicted octanol–water partition coefficient (Wildman–Crippen LogP) is 4.47. The standard InChI is InChI=1S/C19H13ClF3N3O2S/c20-11-4-5-13-14(7-11)18-15-9-24-25-16(15)8-17(13)26(18)29(27,28)12-3-1-2-10(6-12)19(21,22)23/h1-7,9,17-18H,8H2,(H,24,25)/t17-,18-/m1/s1. The van der Waals surface area contributed by atoms with Crippen LogP contribution >= 0.6 is 11.6 Å². The molecule has 0 saturated carbocycles. The van der Waals surface area contributed by atoms with Gasteiger partial charge in [0.25, 0.3) is 0 Å². The summed E-state index contributed by atoms with van der Waals surface area (Å²) >= 11 is 6.15. The van der Waals surface area contributed by atoms with Gasteiger partial charge in [0, 0.05) is 22.7 Å². The van der Waals surface area contributed by atoms with E-state index in [2.05, 4.69) is 10.2 Å². The molecule has 0 radical (unpaired) electrons. The third-order valence-corrected chi connectivity index (χ3v) is 7.55. The highest BCUT2D eigenvalue weighted by molar-refractivity contribution is 7.89. The molecule has 2 atom stereocenters. The number of aromatic nitrogens is 2. The van der Waals surface area contributed by atoms with Gasteiger partial charge in [-0.05, 0) is 41.5 Å². The summed E-state index contributed by atoms with van der Waals surface area (Å²) in [5, 5.41) is 7.38. The van der Waals surface area contributed by atoms with Gasteiger partial charge in [-0.3, -0.25) is 5.10 Å². The molecule has 0 fully saturated rings. The van der Waals surface area contributed by atoms with Crippen LogP contribution in [0.25, 0.3) is 0 Å². The van der Waals surface area contributed by atoms with Crippen molar-refractivity contribution in [3.63, 3.8) is 0 Å². The van der Waals surface area contributed by atoms with Gasteiger partial charge in [0.2, 0.25) is 10.0 Å². The lowest BCUT2D eigenvalue weighted by Crippen LogP contribution is -2.37. The molecule has 5 rings (SSSR count). The second-order valence-electron chi connectivity index (χ2n) is 7.06. The first-order chi connectivity index (χ1) is 13.7. The van der Waals surface area contributed by atoms with E-state index in [1.54, 1.807) is 24.4 Å². The number of hydrogen-bond acceptors (Lipinski definition) is 3. The van der Waals surface area contributed by atoms with Crippen LogP contribution in [0.15, 0.2) is 53.6 Å². The van der Waals surface area contributed by atoms with Crippen molar-refractivity contribution in [1.29, 1.82) is 0 Å². The summed E-state index contributed by atoms with van der Waals surface area (Å²) in [6.45, 7) is 0. The molecule has 2 bridgehead atoms. The summed E-state index contributed by atoms with van der Waals surface area (Å²) in [7, 11) is -4.23. The van der Waals surface area contributed by atoms with Crippen LogP contribution in [0.2, 0.25) is 5.02 Å². The van der Waals surface area contributed by atoms with Gasteiger partial charge in [0.05, 0.1) is 28.7 Å². The minimum Gasteiger partial charge on any atom is -0.282 e. The van der Waals surface area contributed by atoms with Crippen LogP contribution in [-0.4, -0.2) is 22.9 Å². The summed E-state index contributed by atoms with van der Waals surface area (Å²) in [6.07, 6.45) is -2.74. The van der Waals surface area contributed by atoms with E-state index in [9.17, 15) is 21.6 Å². The van der Waals surface area contributed by atoms with E-state index < -0.39 is 38.7 Å². The van der Waals surface area contributed by atoms with Crippen LogP contribution in [-0.2, 0) is 22.6 Å². The molecule has 29 heavy (non-hydrogen) atoms. The Hall–Kier alpha value is -2.36. The zero-order chi connectivity index (χ0) is 20.6. The van der Waals surface area contributed by atoms with Crippen molar-refractivity contribution in [1.82, 2.24) is 14.5 Å². The molecule has 1 aromatic heterocycles. The second kappa shape index (κ2) is 6.07. The van der Waals surface area contributed by atoms with Gasteiger partial charge in [-0.1, -0.05) is 23.7 Å². The van der Waals surface area contributed by atoms with E-state index in [0.29, 0.717) is 23.1 Å². The Kier molecular flexibility index (Phi) is 3.90. The van der Waals surface area contributed by atoms with Crippen molar-refractivity contribution in [2.75, 3.05) is 0 Å². The van der Waals surface area contributed by atoms with Gasteiger partial charge in [0.15, 0.2) is 0 Å². The number of halogens is 4. The maximum atomic E-state index is 13.5. The molecule has 0 saturated heterocycles. The first-order valence-corrected chi connectivity index (χ1v) is 10.5. The Balaban J connectivity index is 1.69. The first-order valence-electron chi connectivity index (χ1n) is 8.70. The lowest BCUT2D eigenvalue weighted by atomic mass is 10.0. The van der Waals surface area contributed by atoms with Crippen molar-refractivity contribution in [2.45, 2.75) is 29.6 Å². The van der Waals surface area contributed by atoms with E-state index >= 15 is 0 Å². The summed E-state index contributed by atoms with van der Waals surface area (Å²) in [6, 6.07) is 7.73. The fraction of sp³-hybridized carbons (Fsp3) is 0.211. The molecule has 0 spiro atoms. The van der Waals surface area contributed by atoms with E-state index in [-0.39, 0.29) is 0 Å². The Labute approximate surface area is 169 Å². The van der Waals surface area contributed by atoms with Crippen LogP contribution in [0.1, 0.15) is 40.0 Å². The van der Waals surface area contributed by atoms with E-state index in [0.717, 1.165) is 29.0 Å².